The van der Waals surface area contributed by atoms with Gasteiger partial charge < -0.3 is 9.47 Å². The summed E-state index contributed by atoms with van der Waals surface area (Å²) in [7, 11) is 0. The standard InChI is InChI=1S/C23H26Cl2O3/c1-3-5-13-27-22-12-9-18(15-23(22)28-14-6-4-2)21(26)11-8-17-7-10-19(24)16-20(17)25/h7-12,15-16H,3-6,13-14H2,1-2H3. The molecule has 0 spiro atoms. The van der Waals surface area contributed by atoms with Crippen molar-refractivity contribution in [1.82, 2.24) is 0 Å². The summed E-state index contributed by atoms with van der Waals surface area (Å²) in [5.74, 6) is 1.14. The van der Waals surface area contributed by atoms with E-state index in [4.69, 9.17) is 32.7 Å². The van der Waals surface area contributed by atoms with Gasteiger partial charge in [-0.25, -0.2) is 0 Å². The van der Waals surface area contributed by atoms with E-state index in [0.717, 1.165) is 31.2 Å². The first kappa shape index (κ1) is 22.3. The van der Waals surface area contributed by atoms with Crippen LogP contribution >= 0.6 is 23.2 Å². The number of allylic oxidation sites excluding steroid dienone is 1. The molecule has 0 aliphatic rings. The average molecular weight is 421 g/mol. The van der Waals surface area contributed by atoms with E-state index < -0.39 is 0 Å². The fourth-order valence-corrected chi connectivity index (χ4v) is 2.92. The van der Waals surface area contributed by atoms with Gasteiger partial charge in [-0.3, -0.25) is 4.79 Å². The van der Waals surface area contributed by atoms with Crippen LogP contribution in [0.2, 0.25) is 10.0 Å². The van der Waals surface area contributed by atoms with Crippen LogP contribution in [0.25, 0.3) is 6.08 Å². The third-order valence-corrected chi connectivity index (χ3v) is 4.68. The van der Waals surface area contributed by atoms with Crippen LogP contribution < -0.4 is 9.47 Å². The summed E-state index contributed by atoms with van der Waals surface area (Å²) >= 11 is 12.1. The lowest BCUT2D eigenvalue weighted by atomic mass is 10.1. The molecular weight excluding hydrogens is 395 g/mol. The molecule has 0 N–H and O–H groups in total. The van der Waals surface area contributed by atoms with E-state index in [1.165, 1.54) is 6.08 Å². The number of hydrogen-bond donors (Lipinski definition) is 0. The molecule has 0 bridgehead atoms. The predicted molar refractivity (Wildman–Crippen MR) is 117 cm³/mol. The first-order chi connectivity index (χ1) is 13.5. The molecule has 0 aromatic heterocycles. The Bertz CT molecular complexity index is 815. The van der Waals surface area contributed by atoms with Crippen LogP contribution in [0.4, 0.5) is 0 Å². The van der Waals surface area contributed by atoms with Crippen LogP contribution in [0.5, 0.6) is 11.5 Å². The van der Waals surface area contributed by atoms with Gasteiger partial charge in [-0.15, -0.1) is 0 Å². The first-order valence-corrected chi connectivity index (χ1v) is 10.4. The van der Waals surface area contributed by atoms with Crippen LogP contribution in [0.15, 0.2) is 42.5 Å². The Balaban J connectivity index is 2.17. The number of halogens is 2. The number of benzene rings is 2. The van der Waals surface area contributed by atoms with Crippen molar-refractivity contribution in [1.29, 1.82) is 0 Å². The van der Waals surface area contributed by atoms with Gasteiger partial charge in [0, 0.05) is 15.6 Å². The maximum atomic E-state index is 12.6. The van der Waals surface area contributed by atoms with Crippen molar-refractivity contribution >= 4 is 35.1 Å². The quantitative estimate of drug-likeness (QED) is 0.218. The molecule has 0 heterocycles. The van der Waals surface area contributed by atoms with Crippen molar-refractivity contribution in [3.05, 3.63) is 63.6 Å². The predicted octanol–water partition coefficient (Wildman–Crippen LogP) is 7.25. The molecule has 0 saturated carbocycles. The topological polar surface area (TPSA) is 35.5 Å². The molecule has 0 fully saturated rings. The van der Waals surface area contributed by atoms with E-state index in [9.17, 15) is 4.79 Å². The van der Waals surface area contributed by atoms with Gasteiger partial charge in [-0.1, -0.05) is 56.0 Å². The van der Waals surface area contributed by atoms with Gasteiger partial charge >= 0.3 is 0 Å². The minimum Gasteiger partial charge on any atom is -0.490 e. The molecule has 0 amide bonds. The Morgan fingerprint density at radius 1 is 0.929 bits per heavy atom. The fraction of sp³-hybridized carbons (Fsp3) is 0.348. The summed E-state index contributed by atoms with van der Waals surface area (Å²) < 4.78 is 11.7. The molecule has 2 aromatic carbocycles. The molecule has 0 aliphatic carbocycles. The molecule has 28 heavy (non-hydrogen) atoms. The minimum atomic E-state index is -0.133. The fourth-order valence-electron chi connectivity index (χ4n) is 2.44. The Hall–Kier alpha value is -1.97. The lowest BCUT2D eigenvalue weighted by molar-refractivity contribution is 0.104. The summed E-state index contributed by atoms with van der Waals surface area (Å²) in [4.78, 5) is 12.6. The molecule has 2 rings (SSSR count). The summed E-state index contributed by atoms with van der Waals surface area (Å²) in [5.41, 5.74) is 1.27. The second kappa shape index (κ2) is 11.8. The van der Waals surface area contributed by atoms with E-state index >= 15 is 0 Å². The monoisotopic (exact) mass is 420 g/mol. The molecule has 3 nitrogen and oxygen atoms in total. The first-order valence-electron chi connectivity index (χ1n) is 9.62. The van der Waals surface area contributed by atoms with Crippen molar-refractivity contribution in [3.63, 3.8) is 0 Å². The van der Waals surface area contributed by atoms with Crippen molar-refractivity contribution in [2.45, 2.75) is 39.5 Å². The van der Waals surface area contributed by atoms with E-state index in [1.807, 2.05) is 0 Å². The number of rotatable bonds is 11. The molecule has 0 atom stereocenters. The third-order valence-electron chi connectivity index (χ3n) is 4.12. The van der Waals surface area contributed by atoms with E-state index in [2.05, 4.69) is 13.8 Å². The maximum absolute atomic E-state index is 12.6. The number of carbonyl (C=O) groups excluding carboxylic acids is 1. The highest BCUT2D eigenvalue weighted by Gasteiger charge is 2.11. The smallest absolute Gasteiger partial charge is 0.185 e. The highest BCUT2D eigenvalue weighted by atomic mass is 35.5. The molecular formula is C23H26Cl2O3. The molecule has 0 aliphatic heterocycles. The van der Waals surface area contributed by atoms with Crippen LogP contribution in [0.3, 0.4) is 0 Å². The largest absolute Gasteiger partial charge is 0.490 e. The van der Waals surface area contributed by atoms with E-state index in [1.54, 1.807) is 42.5 Å². The number of hydrogen-bond acceptors (Lipinski definition) is 3. The number of ketones is 1. The van der Waals surface area contributed by atoms with Crippen molar-refractivity contribution < 1.29 is 14.3 Å². The van der Waals surface area contributed by atoms with Crippen LogP contribution in [0, 0.1) is 0 Å². The number of carbonyl (C=O) groups is 1. The molecule has 5 heteroatoms. The van der Waals surface area contributed by atoms with E-state index in [-0.39, 0.29) is 5.78 Å². The highest BCUT2D eigenvalue weighted by molar-refractivity contribution is 6.35. The SMILES string of the molecule is CCCCOc1ccc(C(=O)C=Cc2ccc(Cl)cc2Cl)cc1OCCCC. The van der Waals surface area contributed by atoms with Crippen LogP contribution in [0.1, 0.15) is 55.5 Å². The zero-order valence-electron chi connectivity index (χ0n) is 16.3. The summed E-state index contributed by atoms with van der Waals surface area (Å²) in [6.45, 7) is 5.44. The Kier molecular flexibility index (Phi) is 9.39. The van der Waals surface area contributed by atoms with Crippen molar-refractivity contribution in [2.75, 3.05) is 13.2 Å². The summed E-state index contributed by atoms with van der Waals surface area (Å²) in [6.07, 6.45) is 7.19. The second-order valence-electron chi connectivity index (χ2n) is 6.43. The van der Waals surface area contributed by atoms with Crippen molar-refractivity contribution in [2.24, 2.45) is 0 Å². The lowest BCUT2D eigenvalue weighted by Gasteiger charge is -2.13. The molecule has 150 valence electrons. The zero-order chi connectivity index (χ0) is 20.4. The summed E-state index contributed by atoms with van der Waals surface area (Å²) in [5, 5.41) is 1.06. The van der Waals surface area contributed by atoms with Crippen molar-refractivity contribution in [3.8, 4) is 11.5 Å². The van der Waals surface area contributed by atoms with Gasteiger partial charge in [0.25, 0.3) is 0 Å². The second-order valence-corrected chi connectivity index (χ2v) is 7.27. The minimum absolute atomic E-state index is 0.133. The Morgan fingerprint density at radius 2 is 1.61 bits per heavy atom. The summed E-state index contributed by atoms with van der Waals surface area (Å²) in [6, 6.07) is 10.5. The van der Waals surface area contributed by atoms with Gasteiger partial charge in [0.05, 0.1) is 13.2 Å². The highest BCUT2D eigenvalue weighted by Crippen LogP contribution is 2.30. The maximum Gasteiger partial charge on any atom is 0.185 e. The Labute approximate surface area is 177 Å². The van der Waals surface area contributed by atoms with Crippen LogP contribution in [-0.4, -0.2) is 19.0 Å². The average Bonchev–Trinajstić information content (AvgIpc) is 2.68. The van der Waals surface area contributed by atoms with Gasteiger partial charge in [-0.2, -0.15) is 0 Å². The molecule has 0 unspecified atom stereocenters. The van der Waals surface area contributed by atoms with Gasteiger partial charge in [0.15, 0.2) is 17.3 Å². The Morgan fingerprint density at radius 3 is 2.25 bits per heavy atom. The third kappa shape index (κ3) is 6.88. The molecule has 0 saturated heterocycles. The lowest BCUT2D eigenvalue weighted by Crippen LogP contribution is -2.04. The molecule has 0 radical (unpaired) electrons. The van der Waals surface area contributed by atoms with E-state index in [0.29, 0.717) is 40.3 Å². The van der Waals surface area contributed by atoms with Gasteiger partial charge in [0.1, 0.15) is 0 Å². The van der Waals surface area contributed by atoms with Gasteiger partial charge in [-0.05, 0) is 60.9 Å². The van der Waals surface area contributed by atoms with Crippen LogP contribution in [-0.2, 0) is 0 Å². The molecule has 2 aromatic rings. The van der Waals surface area contributed by atoms with Gasteiger partial charge in [0.2, 0.25) is 0 Å². The normalized spacial score (nSPS) is 11.0. The zero-order valence-corrected chi connectivity index (χ0v) is 17.9. The number of unbranched alkanes of at least 4 members (excludes halogenated alkanes) is 2. The number of ether oxygens (including phenoxy) is 2.